The molecular formula is C19H25N5O2S. The van der Waals surface area contributed by atoms with Crippen LogP contribution >= 0.6 is 11.8 Å². The van der Waals surface area contributed by atoms with Gasteiger partial charge in [0.05, 0.1) is 23.1 Å². The first-order chi connectivity index (χ1) is 12.9. The first kappa shape index (κ1) is 19.5. The number of carbonyl (C=O) groups excluding carboxylic acids is 1. The first-order valence-corrected chi connectivity index (χ1v) is 10.1. The fourth-order valence-corrected chi connectivity index (χ4v) is 4.53. The molecule has 3 rings (SSSR count). The smallest absolute Gasteiger partial charge is 0.236 e. The molecule has 2 aromatic rings. The minimum atomic E-state index is -0.677. The lowest BCUT2D eigenvalue weighted by atomic mass is 9.81. The van der Waals surface area contributed by atoms with E-state index >= 15 is 0 Å². The molecule has 0 saturated heterocycles. The number of amides is 1. The second-order valence-corrected chi connectivity index (χ2v) is 8.42. The molecule has 144 valence electrons. The van der Waals surface area contributed by atoms with E-state index in [9.17, 15) is 10.1 Å². The quantitative estimate of drug-likeness (QED) is 0.729. The number of aryl methyl sites for hydroxylation is 1. The molecule has 0 spiro atoms. The summed E-state index contributed by atoms with van der Waals surface area (Å²) in [6.45, 7) is 3.73. The molecule has 1 aliphatic rings. The lowest BCUT2D eigenvalue weighted by Gasteiger charge is -2.40. The molecular weight excluding hydrogens is 362 g/mol. The number of thioether (sulfide) groups is 1. The Hall–Kier alpha value is -2.27. The van der Waals surface area contributed by atoms with Gasteiger partial charge in [-0.25, -0.2) is 0 Å². The number of aromatic nitrogens is 3. The van der Waals surface area contributed by atoms with Crippen LogP contribution in [0.3, 0.4) is 0 Å². The van der Waals surface area contributed by atoms with Gasteiger partial charge in [0.25, 0.3) is 0 Å². The van der Waals surface area contributed by atoms with Crippen molar-refractivity contribution in [2.75, 3.05) is 7.05 Å². The van der Waals surface area contributed by atoms with E-state index in [4.69, 9.17) is 4.42 Å². The highest BCUT2D eigenvalue weighted by atomic mass is 32.2. The molecule has 1 amide bonds. The molecule has 27 heavy (non-hydrogen) atoms. The van der Waals surface area contributed by atoms with Crippen LogP contribution in [0.25, 0.3) is 11.4 Å². The summed E-state index contributed by atoms with van der Waals surface area (Å²) < 4.78 is 7.21. The molecule has 2 aromatic heterocycles. The van der Waals surface area contributed by atoms with Gasteiger partial charge in [0.2, 0.25) is 5.91 Å². The van der Waals surface area contributed by atoms with Crippen molar-refractivity contribution in [2.45, 2.75) is 61.9 Å². The molecule has 0 aliphatic heterocycles. The zero-order valence-electron chi connectivity index (χ0n) is 16.2. The van der Waals surface area contributed by atoms with Crippen LogP contribution in [0, 0.1) is 18.3 Å². The number of hydrogen-bond acceptors (Lipinski definition) is 6. The minimum Gasteiger partial charge on any atom is -0.469 e. The average molecular weight is 388 g/mol. The standard InChI is InChI=1S/C19H25N5O2S/c1-13-15(8-11-26-13)16-21-22-18(23(16)3)27-14(2)17(25)24(4)19(12-20)9-6-5-7-10-19/h8,11,14H,5-7,9-10H2,1-4H3/t14-/m1/s1. The zero-order chi connectivity index (χ0) is 19.6. The largest absolute Gasteiger partial charge is 0.469 e. The van der Waals surface area contributed by atoms with Gasteiger partial charge in [-0.1, -0.05) is 31.0 Å². The zero-order valence-corrected chi connectivity index (χ0v) is 17.0. The summed E-state index contributed by atoms with van der Waals surface area (Å²) in [6, 6.07) is 4.27. The highest BCUT2D eigenvalue weighted by Gasteiger charge is 2.40. The normalized spacial score (nSPS) is 17.3. The van der Waals surface area contributed by atoms with Crippen LogP contribution in [-0.4, -0.2) is 43.4 Å². The van der Waals surface area contributed by atoms with Crippen LogP contribution in [0.15, 0.2) is 21.9 Å². The summed E-state index contributed by atoms with van der Waals surface area (Å²) in [5, 5.41) is 18.5. The summed E-state index contributed by atoms with van der Waals surface area (Å²) in [6.07, 6.45) is 6.23. The number of nitriles is 1. The van der Waals surface area contributed by atoms with Gasteiger partial charge in [-0.05, 0) is 32.8 Å². The molecule has 0 unspecified atom stereocenters. The summed E-state index contributed by atoms with van der Waals surface area (Å²) in [5.74, 6) is 1.43. The molecule has 1 fully saturated rings. The molecule has 8 heteroatoms. The van der Waals surface area contributed by atoms with Crippen molar-refractivity contribution in [1.82, 2.24) is 19.7 Å². The molecule has 1 aliphatic carbocycles. The Kier molecular flexibility index (Phi) is 5.61. The van der Waals surface area contributed by atoms with Crippen LogP contribution < -0.4 is 0 Å². The van der Waals surface area contributed by atoms with E-state index in [2.05, 4.69) is 16.3 Å². The van der Waals surface area contributed by atoms with Crippen LogP contribution in [0.4, 0.5) is 0 Å². The predicted octanol–water partition coefficient (Wildman–Crippen LogP) is 3.55. The van der Waals surface area contributed by atoms with E-state index in [1.165, 1.54) is 11.8 Å². The molecule has 0 aromatic carbocycles. The summed E-state index contributed by atoms with van der Waals surface area (Å²) >= 11 is 1.36. The van der Waals surface area contributed by atoms with Gasteiger partial charge >= 0.3 is 0 Å². The Morgan fingerprint density at radius 3 is 2.70 bits per heavy atom. The molecule has 7 nitrogen and oxygen atoms in total. The number of carbonyl (C=O) groups is 1. The highest BCUT2D eigenvalue weighted by molar-refractivity contribution is 8.00. The van der Waals surface area contributed by atoms with E-state index in [-0.39, 0.29) is 11.2 Å². The van der Waals surface area contributed by atoms with Gasteiger partial charge in [-0.15, -0.1) is 10.2 Å². The highest BCUT2D eigenvalue weighted by Crippen LogP contribution is 2.35. The second kappa shape index (κ2) is 7.77. The Balaban J connectivity index is 1.75. The monoisotopic (exact) mass is 387 g/mol. The van der Waals surface area contributed by atoms with Gasteiger partial charge < -0.3 is 13.9 Å². The van der Waals surface area contributed by atoms with Crippen LogP contribution in [0.1, 0.15) is 44.8 Å². The number of rotatable bonds is 5. The second-order valence-electron chi connectivity index (χ2n) is 7.12. The molecule has 0 N–H and O–H groups in total. The summed E-state index contributed by atoms with van der Waals surface area (Å²) in [4.78, 5) is 14.6. The maximum atomic E-state index is 13.0. The van der Waals surface area contributed by atoms with Crippen molar-refractivity contribution in [3.05, 3.63) is 18.1 Å². The van der Waals surface area contributed by atoms with Crippen LogP contribution in [0.5, 0.6) is 0 Å². The maximum absolute atomic E-state index is 13.0. The van der Waals surface area contributed by atoms with Crippen molar-refractivity contribution in [3.63, 3.8) is 0 Å². The van der Waals surface area contributed by atoms with Crippen LogP contribution in [0.2, 0.25) is 0 Å². The van der Waals surface area contributed by atoms with E-state index in [0.29, 0.717) is 11.0 Å². The topological polar surface area (TPSA) is 88.0 Å². The molecule has 1 atom stereocenters. The Bertz CT molecular complexity index is 860. The molecule has 0 radical (unpaired) electrons. The van der Waals surface area contributed by atoms with E-state index in [0.717, 1.165) is 43.4 Å². The van der Waals surface area contributed by atoms with Gasteiger partial charge in [0.15, 0.2) is 11.0 Å². The third-order valence-corrected chi connectivity index (χ3v) is 6.55. The minimum absolute atomic E-state index is 0.0486. The van der Waals surface area contributed by atoms with Gasteiger partial charge in [0.1, 0.15) is 11.3 Å². The van der Waals surface area contributed by atoms with E-state index in [1.807, 2.05) is 31.5 Å². The molecule has 1 saturated carbocycles. The Morgan fingerprint density at radius 2 is 2.11 bits per heavy atom. The van der Waals surface area contributed by atoms with Crippen molar-refractivity contribution >= 4 is 17.7 Å². The molecule has 2 heterocycles. The number of hydrogen-bond donors (Lipinski definition) is 0. The van der Waals surface area contributed by atoms with Gasteiger partial charge in [0, 0.05) is 14.1 Å². The number of furan rings is 1. The third kappa shape index (κ3) is 3.61. The summed E-state index contributed by atoms with van der Waals surface area (Å²) in [5.41, 5.74) is 0.210. The lowest BCUT2D eigenvalue weighted by Crippen LogP contribution is -2.52. The van der Waals surface area contributed by atoms with E-state index in [1.54, 1.807) is 18.2 Å². The van der Waals surface area contributed by atoms with E-state index < -0.39 is 5.54 Å². The predicted molar refractivity (Wildman–Crippen MR) is 103 cm³/mol. The van der Waals surface area contributed by atoms with Gasteiger partial charge in [-0.3, -0.25) is 4.79 Å². The van der Waals surface area contributed by atoms with Crippen molar-refractivity contribution < 1.29 is 9.21 Å². The average Bonchev–Trinajstić information content (AvgIpc) is 3.26. The van der Waals surface area contributed by atoms with Crippen molar-refractivity contribution in [1.29, 1.82) is 5.26 Å². The van der Waals surface area contributed by atoms with Crippen molar-refractivity contribution in [2.24, 2.45) is 7.05 Å². The number of nitrogens with zero attached hydrogens (tertiary/aromatic N) is 5. The third-order valence-electron chi connectivity index (χ3n) is 5.43. The SMILES string of the molecule is Cc1occc1-c1nnc(S[C@H](C)C(=O)N(C)C2(C#N)CCCCC2)n1C. The fourth-order valence-electron chi connectivity index (χ4n) is 3.62. The van der Waals surface area contributed by atoms with Crippen LogP contribution in [-0.2, 0) is 11.8 Å². The maximum Gasteiger partial charge on any atom is 0.236 e. The Morgan fingerprint density at radius 1 is 1.41 bits per heavy atom. The Labute approximate surface area is 163 Å². The lowest BCUT2D eigenvalue weighted by molar-refractivity contribution is -0.133. The molecule has 0 bridgehead atoms. The van der Waals surface area contributed by atoms with Gasteiger partial charge in [-0.2, -0.15) is 5.26 Å². The fraction of sp³-hybridized carbons (Fsp3) is 0.579. The summed E-state index contributed by atoms with van der Waals surface area (Å²) in [7, 11) is 3.63. The first-order valence-electron chi connectivity index (χ1n) is 9.19. The van der Waals surface area contributed by atoms with Crippen molar-refractivity contribution in [3.8, 4) is 17.5 Å².